The van der Waals surface area contributed by atoms with Gasteiger partial charge < -0.3 is 0 Å². The molecule has 2 rings (SSSR count). The summed E-state index contributed by atoms with van der Waals surface area (Å²) in [5, 5.41) is 0. The third-order valence-electron chi connectivity index (χ3n) is 2.86. The number of hydrogen-bond donors (Lipinski definition) is 0. The molecule has 6 heteroatoms. The number of nitrogens with zero attached hydrogens (tertiary/aromatic N) is 4. The van der Waals surface area contributed by atoms with Crippen molar-refractivity contribution < 1.29 is 9.59 Å². The van der Waals surface area contributed by atoms with Crippen LogP contribution in [0.2, 0.25) is 0 Å². The summed E-state index contributed by atoms with van der Waals surface area (Å²) in [4.78, 5) is 37.0. The molecule has 2 aromatic heterocycles. The maximum absolute atomic E-state index is 12.1. The van der Waals surface area contributed by atoms with E-state index in [-0.39, 0.29) is 18.1 Å². The number of carbonyl (C=O) groups is 2. The first-order valence-electron chi connectivity index (χ1n) is 6.07. The summed E-state index contributed by atoms with van der Waals surface area (Å²) < 4.78 is 0. The zero-order valence-corrected chi connectivity index (χ0v) is 11.3. The van der Waals surface area contributed by atoms with Crippen LogP contribution in [0.1, 0.15) is 23.0 Å². The van der Waals surface area contributed by atoms with E-state index in [0.717, 1.165) is 0 Å². The molecule has 6 nitrogen and oxygen atoms in total. The summed E-state index contributed by atoms with van der Waals surface area (Å²) >= 11 is 0. The van der Waals surface area contributed by atoms with E-state index >= 15 is 0 Å². The van der Waals surface area contributed by atoms with Crippen LogP contribution in [0.3, 0.4) is 0 Å². The first kappa shape index (κ1) is 13.8. The minimum absolute atomic E-state index is 0.124. The Hall–Kier alpha value is -2.63. The van der Waals surface area contributed by atoms with Crippen molar-refractivity contribution in [1.82, 2.24) is 15.0 Å². The van der Waals surface area contributed by atoms with E-state index in [1.165, 1.54) is 30.4 Å². The van der Waals surface area contributed by atoms with Gasteiger partial charge in [0.1, 0.15) is 11.5 Å². The number of carbonyl (C=O) groups excluding carboxylic acids is 2. The normalized spacial score (nSPS) is 10.1. The predicted molar refractivity (Wildman–Crippen MR) is 73.4 cm³/mol. The van der Waals surface area contributed by atoms with Crippen LogP contribution in [0.5, 0.6) is 0 Å². The second-order valence-corrected chi connectivity index (χ2v) is 4.25. The van der Waals surface area contributed by atoms with Crippen molar-refractivity contribution in [3.63, 3.8) is 0 Å². The van der Waals surface area contributed by atoms with Crippen LogP contribution >= 0.6 is 0 Å². The maximum Gasteiger partial charge on any atom is 0.224 e. The van der Waals surface area contributed by atoms with Gasteiger partial charge >= 0.3 is 0 Å². The SMILES string of the molecule is CC(=O)N(C)c1ncccc1CC(=O)c1cnccn1. The van der Waals surface area contributed by atoms with Crippen molar-refractivity contribution in [3.8, 4) is 0 Å². The summed E-state index contributed by atoms with van der Waals surface area (Å²) in [6.45, 7) is 1.45. The molecule has 0 saturated carbocycles. The maximum atomic E-state index is 12.1. The van der Waals surface area contributed by atoms with E-state index in [9.17, 15) is 9.59 Å². The van der Waals surface area contributed by atoms with E-state index in [1.54, 1.807) is 25.4 Å². The number of aromatic nitrogens is 3. The highest BCUT2D eigenvalue weighted by Gasteiger charge is 2.16. The molecule has 20 heavy (non-hydrogen) atoms. The van der Waals surface area contributed by atoms with Gasteiger partial charge in [-0.3, -0.25) is 19.5 Å². The van der Waals surface area contributed by atoms with Crippen LogP contribution in [0.4, 0.5) is 5.82 Å². The number of hydrogen-bond acceptors (Lipinski definition) is 5. The Morgan fingerprint density at radius 3 is 2.65 bits per heavy atom. The van der Waals surface area contributed by atoms with Gasteiger partial charge in [0.15, 0.2) is 5.78 Å². The van der Waals surface area contributed by atoms with Crippen LogP contribution < -0.4 is 4.90 Å². The Morgan fingerprint density at radius 2 is 2.00 bits per heavy atom. The molecule has 2 aromatic rings. The Balaban J connectivity index is 2.26. The molecular weight excluding hydrogens is 256 g/mol. The monoisotopic (exact) mass is 270 g/mol. The molecule has 0 bridgehead atoms. The van der Waals surface area contributed by atoms with Crippen LogP contribution in [-0.2, 0) is 11.2 Å². The molecule has 102 valence electrons. The fourth-order valence-electron chi connectivity index (χ4n) is 1.73. The molecule has 1 amide bonds. The van der Waals surface area contributed by atoms with E-state index in [1.807, 2.05) is 0 Å². The lowest BCUT2D eigenvalue weighted by Gasteiger charge is -2.17. The molecule has 0 aromatic carbocycles. The Bertz CT molecular complexity index is 628. The fraction of sp³-hybridized carbons (Fsp3) is 0.214. The number of ketones is 1. The Kier molecular flexibility index (Phi) is 4.14. The number of Topliss-reactive ketones (excluding diaryl/α,β-unsaturated/α-hetero) is 1. The summed E-state index contributed by atoms with van der Waals surface area (Å²) in [6, 6.07) is 3.51. The smallest absolute Gasteiger partial charge is 0.224 e. The second-order valence-electron chi connectivity index (χ2n) is 4.25. The molecule has 0 aliphatic carbocycles. The number of amides is 1. The molecule has 0 spiro atoms. The van der Waals surface area contributed by atoms with Crippen LogP contribution in [0, 0.1) is 0 Å². The lowest BCUT2D eigenvalue weighted by molar-refractivity contribution is -0.116. The second kappa shape index (κ2) is 6.01. The van der Waals surface area contributed by atoms with Crippen LogP contribution in [0.25, 0.3) is 0 Å². The highest BCUT2D eigenvalue weighted by Crippen LogP contribution is 2.17. The zero-order valence-electron chi connectivity index (χ0n) is 11.3. The highest BCUT2D eigenvalue weighted by atomic mass is 16.2. The minimum atomic E-state index is -0.163. The Morgan fingerprint density at radius 1 is 1.20 bits per heavy atom. The number of anilines is 1. The van der Waals surface area contributed by atoms with Gasteiger partial charge in [0, 0.05) is 44.5 Å². The van der Waals surface area contributed by atoms with Crippen molar-refractivity contribution in [2.45, 2.75) is 13.3 Å². The molecular formula is C14H14N4O2. The van der Waals surface area contributed by atoms with E-state index < -0.39 is 0 Å². The van der Waals surface area contributed by atoms with Crippen molar-refractivity contribution in [2.24, 2.45) is 0 Å². The quantitative estimate of drug-likeness (QED) is 0.782. The largest absolute Gasteiger partial charge is 0.300 e. The average molecular weight is 270 g/mol. The number of pyridine rings is 1. The topological polar surface area (TPSA) is 76.1 Å². The van der Waals surface area contributed by atoms with Gasteiger partial charge in [-0.05, 0) is 6.07 Å². The first-order chi connectivity index (χ1) is 9.59. The molecule has 0 atom stereocenters. The van der Waals surface area contributed by atoms with Gasteiger partial charge in [-0.1, -0.05) is 6.07 Å². The van der Waals surface area contributed by atoms with Crippen LogP contribution in [0.15, 0.2) is 36.9 Å². The van der Waals surface area contributed by atoms with Crippen molar-refractivity contribution >= 4 is 17.5 Å². The molecule has 2 heterocycles. The fourth-order valence-corrected chi connectivity index (χ4v) is 1.73. The average Bonchev–Trinajstić information content (AvgIpc) is 2.48. The zero-order chi connectivity index (χ0) is 14.5. The molecule has 0 aliphatic rings. The summed E-state index contributed by atoms with van der Waals surface area (Å²) in [7, 11) is 1.63. The van der Waals surface area contributed by atoms with Crippen molar-refractivity contribution in [1.29, 1.82) is 0 Å². The van der Waals surface area contributed by atoms with Crippen molar-refractivity contribution in [2.75, 3.05) is 11.9 Å². The summed E-state index contributed by atoms with van der Waals surface area (Å²) in [5.74, 6) is 0.179. The van der Waals surface area contributed by atoms with Gasteiger partial charge in [0.25, 0.3) is 0 Å². The molecule has 0 unspecified atom stereocenters. The lowest BCUT2D eigenvalue weighted by Crippen LogP contribution is -2.25. The molecule has 0 fully saturated rings. The van der Waals surface area contributed by atoms with Gasteiger partial charge in [-0.25, -0.2) is 9.97 Å². The van der Waals surface area contributed by atoms with Crippen LogP contribution in [-0.4, -0.2) is 33.7 Å². The van der Waals surface area contributed by atoms with Gasteiger partial charge in [0.05, 0.1) is 6.20 Å². The third-order valence-corrected chi connectivity index (χ3v) is 2.86. The standard InChI is InChI=1S/C14H14N4O2/c1-10(19)18(2)14-11(4-3-5-17-14)8-13(20)12-9-15-6-7-16-12/h3-7,9H,8H2,1-2H3. The summed E-state index contributed by atoms with van der Waals surface area (Å²) in [6.07, 6.45) is 6.12. The lowest BCUT2D eigenvalue weighted by atomic mass is 10.1. The molecule has 0 saturated heterocycles. The molecule has 0 radical (unpaired) electrons. The Labute approximate surface area is 116 Å². The van der Waals surface area contributed by atoms with Gasteiger partial charge in [0.2, 0.25) is 5.91 Å². The predicted octanol–water partition coefficient (Wildman–Crippen LogP) is 1.28. The highest BCUT2D eigenvalue weighted by molar-refractivity contribution is 5.97. The third kappa shape index (κ3) is 3.03. The van der Waals surface area contributed by atoms with Gasteiger partial charge in [-0.2, -0.15) is 0 Å². The van der Waals surface area contributed by atoms with E-state index in [4.69, 9.17) is 0 Å². The molecule has 0 aliphatic heterocycles. The first-order valence-corrected chi connectivity index (χ1v) is 6.07. The van der Waals surface area contributed by atoms with Gasteiger partial charge in [-0.15, -0.1) is 0 Å². The summed E-state index contributed by atoms with van der Waals surface area (Å²) in [5.41, 5.74) is 0.980. The van der Waals surface area contributed by atoms with Crippen molar-refractivity contribution in [3.05, 3.63) is 48.2 Å². The van der Waals surface area contributed by atoms with E-state index in [2.05, 4.69) is 15.0 Å². The van der Waals surface area contributed by atoms with E-state index in [0.29, 0.717) is 17.1 Å². The number of rotatable bonds is 4. The minimum Gasteiger partial charge on any atom is -0.300 e. The molecule has 0 N–H and O–H groups in total.